The highest BCUT2D eigenvalue weighted by Crippen LogP contribution is 2.44. The Morgan fingerprint density at radius 3 is 2.64 bits per heavy atom. The highest BCUT2D eigenvalue weighted by atomic mass is 16.2. The summed E-state index contributed by atoms with van der Waals surface area (Å²) in [5.41, 5.74) is 2.37. The summed E-state index contributed by atoms with van der Waals surface area (Å²) in [5, 5.41) is 3.63. The molecule has 0 saturated heterocycles. The molecule has 7 heteroatoms. The van der Waals surface area contributed by atoms with E-state index in [4.69, 9.17) is 0 Å². The van der Waals surface area contributed by atoms with Crippen LogP contribution < -0.4 is 11.1 Å². The number of rotatable bonds is 2. The molecule has 1 aliphatic heterocycles. The lowest BCUT2D eigenvalue weighted by atomic mass is 9.79. The summed E-state index contributed by atoms with van der Waals surface area (Å²) in [6.07, 6.45) is 0.748. The Morgan fingerprint density at radius 1 is 1.14 bits per heavy atom. The number of hydrogen-bond acceptors (Lipinski definition) is 3. The van der Waals surface area contributed by atoms with Crippen LogP contribution in [0.4, 0.5) is 0 Å². The van der Waals surface area contributed by atoms with Crippen LogP contribution in [-0.2, 0) is 17.8 Å². The molecular weight excluding hydrogens is 356 g/mol. The van der Waals surface area contributed by atoms with Gasteiger partial charge in [0, 0.05) is 35.3 Å². The predicted octanol–water partition coefficient (Wildman–Crippen LogP) is 2.19. The number of hydrogen-bond donors (Lipinski definition) is 2. The van der Waals surface area contributed by atoms with E-state index in [0.717, 1.165) is 22.3 Å². The molecule has 0 bridgehead atoms. The fraction of sp³-hybridized carbons (Fsp3) is 0.381. The van der Waals surface area contributed by atoms with Gasteiger partial charge in [0.1, 0.15) is 6.54 Å². The van der Waals surface area contributed by atoms with Gasteiger partial charge in [0.2, 0.25) is 5.91 Å². The SMILES string of the molecule is CC(C)(C)C1c2[nH]c3ccccc3c2CCN1C(=O)Cn1[nH]c(=O)ccc1=O. The van der Waals surface area contributed by atoms with Gasteiger partial charge in [-0.1, -0.05) is 39.0 Å². The van der Waals surface area contributed by atoms with Crippen molar-refractivity contribution in [2.24, 2.45) is 5.41 Å². The number of para-hydroxylation sites is 1. The van der Waals surface area contributed by atoms with Gasteiger partial charge < -0.3 is 9.88 Å². The maximum atomic E-state index is 13.1. The summed E-state index contributed by atoms with van der Waals surface area (Å²) in [7, 11) is 0. The van der Waals surface area contributed by atoms with Crippen LogP contribution in [-0.4, -0.2) is 32.1 Å². The number of carbonyl (C=O) groups is 1. The average Bonchev–Trinajstić information content (AvgIpc) is 3.01. The van der Waals surface area contributed by atoms with Crippen molar-refractivity contribution in [2.75, 3.05) is 6.54 Å². The number of aromatic amines is 2. The first-order valence-electron chi connectivity index (χ1n) is 9.45. The van der Waals surface area contributed by atoms with Crippen molar-refractivity contribution in [2.45, 2.75) is 39.8 Å². The molecule has 146 valence electrons. The number of fused-ring (bicyclic) bond motifs is 3. The molecule has 1 unspecified atom stereocenters. The van der Waals surface area contributed by atoms with E-state index in [1.165, 1.54) is 23.1 Å². The minimum Gasteiger partial charge on any atom is -0.356 e. The van der Waals surface area contributed by atoms with E-state index in [9.17, 15) is 14.4 Å². The Balaban J connectivity index is 1.74. The molecule has 3 aromatic rings. The number of carbonyl (C=O) groups excluding carboxylic acids is 1. The van der Waals surface area contributed by atoms with Crippen molar-refractivity contribution in [1.82, 2.24) is 19.7 Å². The lowest BCUT2D eigenvalue weighted by molar-refractivity contribution is -0.137. The van der Waals surface area contributed by atoms with E-state index in [1.54, 1.807) is 0 Å². The van der Waals surface area contributed by atoms with Crippen molar-refractivity contribution < 1.29 is 4.79 Å². The molecule has 2 N–H and O–H groups in total. The maximum absolute atomic E-state index is 13.1. The minimum atomic E-state index is -0.406. The van der Waals surface area contributed by atoms with Crippen molar-refractivity contribution in [1.29, 1.82) is 0 Å². The van der Waals surface area contributed by atoms with Crippen LogP contribution >= 0.6 is 0 Å². The van der Waals surface area contributed by atoms with Gasteiger partial charge in [-0.25, -0.2) is 4.68 Å². The van der Waals surface area contributed by atoms with Crippen LogP contribution in [0.5, 0.6) is 0 Å². The Kier molecular flexibility index (Phi) is 4.25. The molecule has 0 spiro atoms. The summed E-state index contributed by atoms with van der Waals surface area (Å²) in [4.78, 5) is 42.0. The van der Waals surface area contributed by atoms with E-state index >= 15 is 0 Å². The third kappa shape index (κ3) is 3.06. The van der Waals surface area contributed by atoms with Crippen LogP contribution in [0.3, 0.4) is 0 Å². The van der Waals surface area contributed by atoms with Crippen LogP contribution in [0.25, 0.3) is 10.9 Å². The molecule has 1 aromatic carbocycles. The lowest BCUT2D eigenvalue weighted by Gasteiger charge is -2.43. The largest absolute Gasteiger partial charge is 0.356 e. The van der Waals surface area contributed by atoms with Gasteiger partial charge in [0.25, 0.3) is 11.1 Å². The van der Waals surface area contributed by atoms with Gasteiger partial charge in [-0.15, -0.1) is 0 Å². The Hall–Kier alpha value is -3.09. The van der Waals surface area contributed by atoms with E-state index in [2.05, 4.69) is 36.9 Å². The van der Waals surface area contributed by atoms with Crippen molar-refractivity contribution in [3.8, 4) is 0 Å². The number of nitrogens with one attached hydrogen (secondary N) is 2. The summed E-state index contributed by atoms with van der Waals surface area (Å²) in [5.74, 6) is -0.187. The Bertz CT molecular complexity index is 1160. The Morgan fingerprint density at radius 2 is 1.89 bits per heavy atom. The van der Waals surface area contributed by atoms with Gasteiger partial charge >= 0.3 is 0 Å². The number of H-pyrrole nitrogens is 2. The Labute approximate surface area is 162 Å². The van der Waals surface area contributed by atoms with Crippen LogP contribution in [0.15, 0.2) is 46.0 Å². The van der Waals surface area contributed by atoms with E-state index < -0.39 is 11.1 Å². The van der Waals surface area contributed by atoms with Gasteiger partial charge in [0.15, 0.2) is 0 Å². The lowest BCUT2D eigenvalue weighted by Crippen LogP contribution is -2.47. The second-order valence-corrected chi connectivity index (χ2v) is 8.40. The van der Waals surface area contributed by atoms with Crippen molar-refractivity contribution >= 4 is 16.8 Å². The molecule has 28 heavy (non-hydrogen) atoms. The molecule has 1 atom stereocenters. The summed E-state index contributed by atoms with van der Waals surface area (Å²) >= 11 is 0. The molecule has 0 aliphatic carbocycles. The van der Waals surface area contributed by atoms with E-state index in [-0.39, 0.29) is 23.9 Å². The van der Waals surface area contributed by atoms with Crippen molar-refractivity contribution in [3.63, 3.8) is 0 Å². The van der Waals surface area contributed by atoms with Gasteiger partial charge in [-0.3, -0.25) is 19.5 Å². The first-order valence-corrected chi connectivity index (χ1v) is 9.45. The zero-order chi connectivity index (χ0) is 20.1. The molecule has 1 aliphatic rings. The minimum absolute atomic E-state index is 0.151. The number of aromatic nitrogens is 3. The van der Waals surface area contributed by atoms with Gasteiger partial charge in [-0.05, 0) is 23.5 Å². The molecule has 1 amide bonds. The molecule has 4 rings (SSSR count). The summed E-state index contributed by atoms with van der Waals surface area (Å²) in [6, 6.07) is 10.4. The third-order valence-electron chi connectivity index (χ3n) is 5.36. The maximum Gasteiger partial charge on any atom is 0.265 e. The third-order valence-corrected chi connectivity index (χ3v) is 5.36. The normalized spacial score (nSPS) is 17.0. The summed E-state index contributed by atoms with van der Waals surface area (Å²) < 4.78 is 1.07. The zero-order valence-corrected chi connectivity index (χ0v) is 16.3. The van der Waals surface area contributed by atoms with Crippen LogP contribution in [0, 0.1) is 5.41 Å². The quantitative estimate of drug-likeness (QED) is 0.714. The second kappa shape index (κ2) is 6.51. The van der Waals surface area contributed by atoms with E-state index in [0.29, 0.717) is 6.54 Å². The molecule has 7 nitrogen and oxygen atoms in total. The number of amides is 1. The van der Waals surface area contributed by atoms with Gasteiger partial charge in [0.05, 0.1) is 6.04 Å². The molecule has 0 fully saturated rings. The first-order chi connectivity index (χ1) is 13.3. The topological polar surface area (TPSA) is 91.0 Å². The van der Waals surface area contributed by atoms with Crippen molar-refractivity contribution in [3.05, 3.63) is 68.4 Å². The number of benzene rings is 1. The van der Waals surface area contributed by atoms with Crippen LogP contribution in [0.1, 0.15) is 38.1 Å². The number of nitrogens with zero attached hydrogens (tertiary/aromatic N) is 2. The monoisotopic (exact) mass is 380 g/mol. The highest BCUT2D eigenvalue weighted by Gasteiger charge is 2.40. The molecule has 0 saturated carbocycles. The highest BCUT2D eigenvalue weighted by molar-refractivity contribution is 5.86. The molecule has 0 radical (unpaired) electrons. The van der Waals surface area contributed by atoms with Gasteiger partial charge in [-0.2, -0.15) is 0 Å². The molecule has 2 aromatic heterocycles. The smallest absolute Gasteiger partial charge is 0.265 e. The zero-order valence-electron chi connectivity index (χ0n) is 16.3. The predicted molar refractivity (Wildman–Crippen MR) is 107 cm³/mol. The fourth-order valence-electron chi connectivity index (χ4n) is 4.22. The fourth-order valence-corrected chi connectivity index (χ4v) is 4.22. The second-order valence-electron chi connectivity index (χ2n) is 8.40. The first kappa shape index (κ1) is 18.3. The average molecular weight is 380 g/mol. The molecule has 3 heterocycles. The summed E-state index contributed by atoms with van der Waals surface area (Å²) in [6.45, 7) is 6.71. The van der Waals surface area contributed by atoms with E-state index in [1.807, 2.05) is 23.1 Å². The standard InChI is InChI=1S/C21H24N4O3/c1-21(2,3)20-19-14(13-6-4-5-7-15(13)22-19)10-11-24(20)18(28)12-25-17(27)9-8-16(26)23-25/h4-9,20,22H,10-12H2,1-3H3,(H,23,26). The molecular formula is C21H24N4O3. The van der Waals surface area contributed by atoms with Crippen LogP contribution in [0.2, 0.25) is 0 Å².